The van der Waals surface area contributed by atoms with E-state index in [9.17, 15) is 0 Å². The monoisotopic (exact) mass is 194 g/mol. The molecule has 0 heterocycles. The van der Waals surface area contributed by atoms with E-state index in [1.807, 2.05) is 0 Å². The third-order valence-corrected chi connectivity index (χ3v) is 0. The van der Waals surface area contributed by atoms with Crippen LogP contribution in [0.15, 0.2) is 0 Å². The molecule has 0 aromatic rings. The molecule has 0 aromatic carbocycles. The lowest BCUT2D eigenvalue weighted by molar-refractivity contribution is 0.450. The van der Waals surface area contributed by atoms with Crippen LogP contribution >= 0.6 is 17.0 Å². The standard InChI is InChI=1S/BrH.H2O3S2/c;1-5(2,3)4/h1H;(H2,1,2,3,4). The zero-order valence-electron chi connectivity index (χ0n) is 2.53. The molecule has 0 aliphatic heterocycles. The second-order valence-corrected chi connectivity index (χ2v) is 2.65. The zero-order chi connectivity index (χ0) is 4.50. The first-order valence-corrected chi connectivity index (χ1v) is 3.10. The summed E-state index contributed by atoms with van der Waals surface area (Å²) in [5, 5.41) is 0. The van der Waals surface area contributed by atoms with Crippen molar-refractivity contribution in [3.05, 3.63) is 0 Å². The van der Waals surface area contributed by atoms with Crippen molar-refractivity contribution in [3.8, 4) is 0 Å². The predicted molar refractivity (Wildman–Crippen MR) is 31.1 cm³/mol. The Kier molecular flexibility index (Phi) is 4.73. The Hall–Kier alpha value is 0.770. The van der Waals surface area contributed by atoms with E-state index < -0.39 is 9.05 Å². The van der Waals surface area contributed by atoms with E-state index in [4.69, 9.17) is 13.3 Å². The van der Waals surface area contributed by atoms with Crippen molar-refractivity contribution in [1.29, 1.82) is 0 Å². The molecule has 0 unspecified atom stereocenters. The van der Waals surface area contributed by atoms with Gasteiger partial charge in [0.05, 0.1) is 0 Å². The van der Waals surface area contributed by atoms with Crippen LogP contribution in [0.5, 0.6) is 0 Å². The quantitative estimate of drug-likeness (QED) is 0.581. The van der Waals surface area contributed by atoms with Crippen LogP contribution in [0.4, 0.5) is 0 Å². The van der Waals surface area contributed by atoms with E-state index in [0.717, 1.165) is 0 Å². The minimum atomic E-state index is -3.83. The molecule has 0 radical (unpaired) electrons. The lowest BCUT2D eigenvalue weighted by Gasteiger charge is -1.73. The van der Waals surface area contributed by atoms with Crippen molar-refractivity contribution in [2.24, 2.45) is 0 Å². The molecule has 6 heavy (non-hydrogen) atoms. The van der Waals surface area contributed by atoms with Gasteiger partial charge in [-0.1, -0.05) is 0 Å². The average molecular weight is 195 g/mol. The summed E-state index contributed by atoms with van der Waals surface area (Å²) >= 11 is 3.47. The van der Waals surface area contributed by atoms with Gasteiger partial charge in [0.1, 0.15) is 0 Å². The summed E-state index contributed by atoms with van der Waals surface area (Å²) in [7, 11) is -3.83. The summed E-state index contributed by atoms with van der Waals surface area (Å²) in [5.41, 5.74) is 0. The van der Waals surface area contributed by atoms with E-state index in [1.165, 1.54) is 0 Å². The fraction of sp³-hybridized carbons (Fsp3) is 0. The maximum absolute atomic E-state index is 9.11. The highest BCUT2D eigenvalue weighted by molar-refractivity contribution is 8.93. The van der Waals surface area contributed by atoms with E-state index in [0.29, 0.717) is 0 Å². The van der Waals surface area contributed by atoms with Crippen LogP contribution in [0.1, 0.15) is 0 Å². The molecule has 0 saturated heterocycles. The Morgan fingerprint density at radius 2 is 1.50 bits per heavy atom. The van der Waals surface area contributed by atoms with Gasteiger partial charge in [0.15, 0.2) is 0 Å². The molecule has 2 N–H and O–H groups in total. The lowest BCUT2D eigenvalue weighted by Crippen LogP contribution is -1.86. The highest BCUT2D eigenvalue weighted by Gasteiger charge is 1.78. The normalized spacial score (nSPS) is 9.67. The van der Waals surface area contributed by atoms with Crippen LogP contribution < -0.4 is 0 Å². The van der Waals surface area contributed by atoms with Crippen molar-refractivity contribution in [3.63, 3.8) is 0 Å². The minimum absolute atomic E-state index is 0. The number of rotatable bonds is 0. The van der Waals surface area contributed by atoms with Gasteiger partial charge in [0.2, 0.25) is 0 Å². The summed E-state index contributed by atoms with van der Waals surface area (Å²) in [6.45, 7) is 0. The summed E-state index contributed by atoms with van der Waals surface area (Å²) in [4.78, 5) is 0. The Balaban J connectivity index is 0. The highest BCUT2D eigenvalue weighted by atomic mass is 79.9. The first-order chi connectivity index (χ1) is 2.00. The predicted octanol–water partition coefficient (Wildman–Crippen LogP) is 0.257. The second-order valence-electron chi connectivity index (χ2n) is 0.448. The molecule has 0 atom stereocenters. The summed E-state index contributed by atoms with van der Waals surface area (Å²) < 4.78 is 24.0. The van der Waals surface area contributed by atoms with Crippen LogP contribution in [0.25, 0.3) is 0 Å². The zero-order valence-corrected chi connectivity index (χ0v) is 5.87. The number of hydrogen-bond donors (Lipinski definition) is 2. The van der Waals surface area contributed by atoms with Crippen LogP contribution in [0.2, 0.25) is 0 Å². The van der Waals surface area contributed by atoms with Crippen molar-refractivity contribution in [1.82, 2.24) is 0 Å². The topological polar surface area (TPSA) is 57.5 Å². The first-order valence-electron chi connectivity index (χ1n) is 0.698. The van der Waals surface area contributed by atoms with Gasteiger partial charge in [0.25, 0.3) is 9.05 Å². The first kappa shape index (κ1) is 9.91. The second kappa shape index (κ2) is 2.86. The van der Waals surface area contributed by atoms with Crippen LogP contribution in [-0.4, -0.2) is 13.3 Å². The average Bonchev–Trinajstić information content (AvgIpc) is 0.722. The van der Waals surface area contributed by atoms with Crippen molar-refractivity contribution < 1.29 is 13.3 Å². The van der Waals surface area contributed by atoms with Gasteiger partial charge in [0, 0.05) is 11.2 Å². The fourth-order valence-corrected chi connectivity index (χ4v) is 0. The number of hydrogen-bond acceptors (Lipinski definition) is 2. The molecule has 0 bridgehead atoms. The fourth-order valence-electron chi connectivity index (χ4n) is 0. The Bertz CT molecular complexity index is 92.0. The molecule has 0 amide bonds. The van der Waals surface area contributed by atoms with Crippen LogP contribution in [0.3, 0.4) is 0 Å². The third kappa shape index (κ3) is 114. The van der Waals surface area contributed by atoms with E-state index in [2.05, 4.69) is 11.2 Å². The van der Waals surface area contributed by atoms with Gasteiger partial charge in [-0.15, -0.1) is 17.0 Å². The molecule has 3 nitrogen and oxygen atoms in total. The van der Waals surface area contributed by atoms with Crippen molar-refractivity contribution >= 4 is 37.2 Å². The smallest absolute Gasteiger partial charge is 0.263 e. The molecular weight excluding hydrogens is 192 g/mol. The van der Waals surface area contributed by atoms with Gasteiger partial charge in [-0.25, -0.2) is 0 Å². The summed E-state index contributed by atoms with van der Waals surface area (Å²) in [6, 6.07) is 0. The summed E-state index contributed by atoms with van der Waals surface area (Å²) in [6.07, 6.45) is 0. The van der Waals surface area contributed by atoms with Gasteiger partial charge in [-0.3, -0.25) is 9.11 Å². The van der Waals surface area contributed by atoms with Crippen LogP contribution in [-0.2, 0) is 20.2 Å². The Labute approximate surface area is 50.8 Å². The molecule has 0 fully saturated rings. The molecule has 0 aliphatic rings. The summed E-state index contributed by atoms with van der Waals surface area (Å²) in [5.74, 6) is 0. The van der Waals surface area contributed by atoms with Gasteiger partial charge < -0.3 is 0 Å². The number of halogens is 1. The molecule has 0 aromatic heterocycles. The minimum Gasteiger partial charge on any atom is -0.285 e. The molecule has 0 spiro atoms. The third-order valence-electron chi connectivity index (χ3n) is 0. The molecular formula is H3BrO3S2. The van der Waals surface area contributed by atoms with Crippen LogP contribution in [0, 0.1) is 0 Å². The molecule has 6 heteroatoms. The maximum Gasteiger partial charge on any atom is 0.263 e. The van der Waals surface area contributed by atoms with Gasteiger partial charge in [-0.2, -0.15) is 4.21 Å². The van der Waals surface area contributed by atoms with Crippen molar-refractivity contribution in [2.45, 2.75) is 0 Å². The van der Waals surface area contributed by atoms with Crippen molar-refractivity contribution in [2.75, 3.05) is 0 Å². The van der Waals surface area contributed by atoms with Gasteiger partial charge in [-0.05, 0) is 0 Å². The molecule has 0 saturated carbocycles. The van der Waals surface area contributed by atoms with E-state index in [-0.39, 0.29) is 17.0 Å². The van der Waals surface area contributed by atoms with E-state index in [1.54, 1.807) is 0 Å². The maximum atomic E-state index is 9.11. The highest BCUT2D eigenvalue weighted by Crippen LogP contribution is 1.62. The van der Waals surface area contributed by atoms with E-state index >= 15 is 0 Å². The largest absolute Gasteiger partial charge is 0.285 e. The molecule has 0 rings (SSSR count). The SMILES string of the molecule is Br.O=S(O)(O)=S. The molecule has 40 valence electrons. The van der Waals surface area contributed by atoms with Gasteiger partial charge >= 0.3 is 0 Å². The Morgan fingerprint density at radius 1 is 1.50 bits per heavy atom. The Morgan fingerprint density at radius 3 is 1.50 bits per heavy atom. The molecule has 0 aliphatic carbocycles. The lowest BCUT2D eigenvalue weighted by atomic mass is 15.8.